The van der Waals surface area contributed by atoms with E-state index in [1.54, 1.807) is 30.3 Å². The topological polar surface area (TPSA) is 105 Å². The molecule has 0 saturated heterocycles. The summed E-state index contributed by atoms with van der Waals surface area (Å²) < 4.78 is 21.2. The molecular formula is C32H34O8. The fourth-order valence-electron chi connectivity index (χ4n) is 3.95. The molecule has 0 N–H and O–H groups in total. The summed E-state index contributed by atoms with van der Waals surface area (Å²) in [6.07, 6.45) is 9.42. The quantitative estimate of drug-likeness (QED) is 0.0961. The number of benzene rings is 2. The van der Waals surface area contributed by atoms with Crippen LogP contribution in [0.4, 0.5) is 0 Å². The largest absolute Gasteiger partial charge is 0.493 e. The van der Waals surface area contributed by atoms with Gasteiger partial charge in [-0.15, -0.1) is 0 Å². The Hall–Kier alpha value is -4.46. The van der Waals surface area contributed by atoms with Crippen LogP contribution in [0.25, 0.3) is 6.08 Å². The molecule has 1 aliphatic rings. The first-order chi connectivity index (χ1) is 19.3. The van der Waals surface area contributed by atoms with Gasteiger partial charge < -0.3 is 18.9 Å². The molecule has 1 aliphatic carbocycles. The molecule has 2 aromatic carbocycles. The summed E-state index contributed by atoms with van der Waals surface area (Å²) in [5.41, 5.74) is 1.24. The Kier molecular flexibility index (Phi) is 11.9. The zero-order valence-electron chi connectivity index (χ0n) is 22.5. The first-order valence-corrected chi connectivity index (χ1v) is 13.3. The first-order valence-electron chi connectivity index (χ1n) is 13.3. The molecule has 8 heteroatoms. The Bertz CT molecular complexity index is 1220. The lowest BCUT2D eigenvalue weighted by atomic mass is 9.98. The first kappa shape index (κ1) is 30.1. The minimum Gasteiger partial charge on any atom is -0.493 e. The highest BCUT2D eigenvalue weighted by atomic mass is 16.5. The Labute approximate surface area is 234 Å². The molecule has 0 spiro atoms. The van der Waals surface area contributed by atoms with Crippen molar-refractivity contribution in [3.63, 3.8) is 0 Å². The van der Waals surface area contributed by atoms with Gasteiger partial charge in [-0.05, 0) is 73.7 Å². The predicted molar refractivity (Wildman–Crippen MR) is 150 cm³/mol. The van der Waals surface area contributed by atoms with E-state index in [9.17, 15) is 19.2 Å². The van der Waals surface area contributed by atoms with Gasteiger partial charge in [-0.1, -0.05) is 37.8 Å². The number of ketones is 1. The van der Waals surface area contributed by atoms with Gasteiger partial charge in [0.05, 0.1) is 19.6 Å². The number of carbonyl (C=O) groups is 4. The molecule has 3 rings (SSSR count). The molecule has 1 saturated carbocycles. The molecule has 0 aromatic heterocycles. The van der Waals surface area contributed by atoms with Gasteiger partial charge in [0.1, 0.15) is 17.6 Å². The van der Waals surface area contributed by atoms with Crippen molar-refractivity contribution in [2.24, 2.45) is 0 Å². The third-order valence-electron chi connectivity index (χ3n) is 6.12. The summed E-state index contributed by atoms with van der Waals surface area (Å²) in [7, 11) is 0. The van der Waals surface area contributed by atoms with E-state index >= 15 is 0 Å². The van der Waals surface area contributed by atoms with E-state index in [1.165, 1.54) is 18.2 Å². The van der Waals surface area contributed by atoms with Gasteiger partial charge in [0.15, 0.2) is 5.78 Å². The molecule has 0 heterocycles. The van der Waals surface area contributed by atoms with Crippen LogP contribution in [-0.2, 0) is 23.9 Å². The van der Waals surface area contributed by atoms with E-state index in [0.29, 0.717) is 24.3 Å². The van der Waals surface area contributed by atoms with Gasteiger partial charge in [-0.2, -0.15) is 0 Å². The number of esters is 3. The predicted octanol–water partition coefficient (Wildman–Crippen LogP) is 5.81. The summed E-state index contributed by atoms with van der Waals surface area (Å²) in [6, 6.07) is 13.3. The van der Waals surface area contributed by atoms with Gasteiger partial charge in [-0.25, -0.2) is 9.59 Å². The molecule has 1 fully saturated rings. The van der Waals surface area contributed by atoms with Gasteiger partial charge in [0.25, 0.3) is 0 Å². The average Bonchev–Trinajstić information content (AvgIpc) is 2.97. The highest BCUT2D eigenvalue weighted by Gasteiger charge is 2.20. The monoisotopic (exact) mass is 546 g/mol. The molecule has 0 unspecified atom stereocenters. The standard InChI is InChI=1S/C32H34O8/c1-3-30(34)38-21-7-20-37-26-15-10-24(11-16-26)12-19-29(33)25-13-17-28(18-14-25)40-32(36)23(2)22-31(35)39-27-8-5-4-6-9-27/h3,10-19,27H,1-2,4-9,20-22H2/b19-12+. The van der Waals surface area contributed by atoms with Crippen molar-refractivity contribution in [2.75, 3.05) is 13.2 Å². The van der Waals surface area contributed by atoms with Gasteiger partial charge >= 0.3 is 17.9 Å². The van der Waals surface area contributed by atoms with Crippen molar-refractivity contribution in [3.05, 3.63) is 90.5 Å². The summed E-state index contributed by atoms with van der Waals surface area (Å²) in [6.45, 7) is 7.63. The van der Waals surface area contributed by atoms with Crippen molar-refractivity contribution in [3.8, 4) is 11.5 Å². The number of ether oxygens (including phenoxy) is 4. The molecule has 0 amide bonds. The van der Waals surface area contributed by atoms with Crippen molar-refractivity contribution < 1.29 is 38.1 Å². The molecule has 0 aliphatic heterocycles. The van der Waals surface area contributed by atoms with Gasteiger partial charge in [0.2, 0.25) is 0 Å². The number of hydrogen-bond acceptors (Lipinski definition) is 8. The van der Waals surface area contributed by atoms with Crippen LogP contribution in [0.1, 0.15) is 60.9 Å². The number of rotatable bonds is 14. The molecule has 0 bridgehead atoms. The van der Waals surface area contributed by atoms with E-state index in [4.69, 9.17) is 18.9 Å². The third kappa shape index (κ3) is 10.4. The van der Waals surface area contributed by atoms with E-state index in [2.05, 4.69) is 13.2 Å². The van der Waals surface area contributed by atoms with Crippen LogP contribution < -0.4 is 9.47 Å². The fourth-order valence-corrected chi connectivity index (χ4v) is 3.95. The van der Waals surface area contributed by atoms with Crippen molar-refractivity contribution >= 4 is 29.8 Å². The second kappa shape index (κ2) is 15.8. The normalized spacial score (nSPS) is 13.3. The summed E-state index contributed by atoms with van der Waals surface area (Å²) >= 11 is 0. The van der Waals surface area contributed by atoms with Crippen molar-refractivity contribution in [1.29, 1.82) is 0 Å². The Morgan fingerprint density at radius 1 is 0.875 bits per heavy atom. The fraction of sp³-hybridized carbons (Fsp3) is 0.312. The van der Waals surface area contributed by atoms with Gasteiger partial charge in [-0.3, -0.25) is 9.59 Å². The summed E-state index contributed by atoms with van der Waals surface area (Å²) in [5, 5.41) is 0. The number of allylic oxidation sites excluding steroid dienone is 1. The molecule has 2 aromatic rings. The van der Waals surface area contributed by atoms with E-state index in [0.717, 1.165) is 43.7 Å². The second-order valence-corrected chi connectivity index (χ2v) is 9.28. The average molecular weight is 547 g/mol. The minimum atomic E-state index is -0.719. The van der Waals surface area contributed by atoms with Crippen molar-refractivity contribution in [2.45, 2.75) is 51.0 Å². The van der Waals surface area contributed by atoms with Crippen LogP contribution in [0.3, 0.4) is 0 Å². The highest BCUT2D eigenvalue weighted by Crippen LogP contribution is 2.22. The zero-order valence-corrected chi connectivity index (χ0v) is 22.5. The summed E-state index contributed by atoms with van der Waals surface area (Å²) in [5.74, 6) is -0.983. The molecular weight excluding hydrogens is 512 g/mol. The SMILES string of the molecule is C=CC(=O)OCCCOc1ccc(/C=C/C(=O)c2ccc(OC(=O)C(=C)CC(=O)OC3CCCCC3)cc2)cc1. The second-order valence-electron chi connectivity index (χ2n) is 9.28. The molecule has 0 radical (unpaired) electrons. The minimum absolute atomic E-state index is 0.00865. The zero-order chi connectivity index (χ0) is 28.7. The lowest BCUT2D eigenvalue weighted by Gasteiger charge is -2.21. The Morgan fingerprint density at radius 2 is 1.55 bits per heavy atom. The van der Waals surface area contributed by atoms with Crippen molar-refractivity contribution in [1.82, 2.24) is 0 Å². The molecule has 40 heavy (non-hydrogen) atoms. The van der Waals surface area contributed by atoms with Gasteiger partial charge in [0, 0.05) is 23.6 Å². The molecule has 8 nitrogen and oxygen atoms in total. The Balaban J connectivity index is 1.41. The van der Waals surface area contributed by atoms with E-state index in [1.807, 2.05) is 12.1 Å². The van der Waals surface area contributed by atoms with E-state index < -0.39 is 17.9 Å². The molecule has 0 atom stereocenters. The van der Waals surface area contributed by atoms with Crippen LogP contribution in [0.5, 0.6) is 11.5 Å². The molecule has 210 valence electrons. The lowest BCUT2D eigenvalue weighted by molar-refractivity contribution is -0.150. The van der Waals surface area contributed by atoms with Crippen LogP contribution in [-0.4, -0.2) is 43.0 Å². The lowest BCUT2D eigenvalue weighted by Crippen LogP contribution is -2.22. The highest BCUT2D eigenvalue weighted by molar-refractivity contribution is 6.07. The van der Waals surface area contributed by atoms with Crippen LogP contribution >= 0.6 is 0 Å². The van der Waals surface area contributed by atoms with Crippen LogP contribution in [0.2, 0.25) is 0 Å². The third-order valence-corrected chi connectivity index (χ3v) is 6.12. The maximum absolute atomic E-state index is 12.6. The summed E-state index contributed by atoms with van der Waals surface area (Å²) in [4.78, 5) is 48.0. The number of hydrogen-bond donors (Lipinski definition) is 0. The smallest absolute Gasteiger partial charge is 0.339 e. The Morgan fingerprint density at radius 3 is 2.23 bits per heavy atom. The number of carbonyl (C=O) groups excluding carboxylic acids is 4. The maximum atomic E-state index is 12.6. The van der Waals surface area contributed by atoms with Crippen LogP contribution in [0.15, 0.2) is 79.4 Å². The van der Waals surface area contributed by atoms with E-state index in [-0.39, 0.29) is 36.2 Å². The maximum Gasteiger partial charge on any atom is 0.339 e. The van der Waals surface area contributed by atoms with Crippen LogP contribution in [0, 0.1) is 0 Å².